The molecule has 8 aromatic carbocycles. The Kier molecular flexibility index (Phi) is 5.43. The third-order valence-corrected chi connectivity index (χ3v) is 11.6. The zero-order valence-corrected chi connectivity index (χ0v) is 28.1. The lowest BCUT2D eigenvalue weighted by Crippen LogP contribution is -2.25. The molecule has 0 aliphatic heterocycles. The minimum atomic E-state index is -0.440. The molecular formula is C49H29N3. The van der Waals surface area contributed by atoms with Gasteiger partial charge in [-0.15, -0.1) is 0 Å². The van der Waals surface area contributed by atoms with Crippen LogP contribution >= 0.6 is 0 Å². The summed E-state index contributed by atoms with van der Waals surface area (Å²) in [5, 5.41) is 5.72. The second-order valence-electron chi connectivity index (χ2n) is 14.1. The molecular weight excluding hydrogens is 631 g/mol. The smallest absolute Gasteiger partial charge is 0.235 e. The van der Waals surface area contributed by atoms with Crippen molar-refractivity contribution in [1.82, 2.24) is 14.5 Å². The number of para-hydroxylation sites is 1. The maximum absolute atomic E-state index is 5.48. The zero-order valence-electron chi connectivity index (χ0n) is 28.1. The normalized spacial score (nSPS) is 13.5. The molecule has 52 heavy (non-hydrogen) atoms. The van der Waals surface area contributed by atoms with E-state index in [1.807, 2.05) is 0 Å². The number of fused-ring (bicyclic) bond motifs is 16. The van der Waals surface area contributed by atoms with E-state index in [0.717, 1.165) is 44.0 Å². The Morgan fingerprint density at radius 1 is 0.385 bits per heavy atom. The Morgan fingerprint density at radius 3 is 1.71 bits per heavy atom. The van der Waals surface area contributed by atoms with E-state index < -0.39 is 5.41 Å². The van der Waals surface area contributed by atoms with Crippen LogP contribution in [0.15, 0.2) is 176 Å². The maximum Gasteiger partial charge on any atom is 0.235 e. The molecule has 2 aliphatic rings. The standard InChI is InChI=1S/C49H29N3/c1-2-15-31(16-3-1)46-37-27-26-30-14-4-5-17-32(30)47(37)51-48(50-46)52-44-25-13-9-21-36(44)39-28-38-35-20-8-12-24-42(35)49(43(38)29-45(39)52)40-22-10-6-18-33(40)34-19-7-11-23-41(34)49/h1-29H. The van der Waals surface area contributed by atoms with Crippen molar-refractivity contribution in [3.05, 3.63) is 198 Å². The maximum atomic E-state index is 5.48. The number of hydrogen-bond acceptors (Lipinski definition) is 2. The van der Waals surface area contributed by atoms with E-state index in [1.54, 1.807) is 0 Å². The third-order valence-electron chi connectivity index (χ3n) is 11.6. The molecule has 10 aromatic rings. The van der Waals surface area contributed by atoms with Gasteiger partial charge in [0.25, 0.3) is 0 Å². The van der Waals surface area contributed by atoms with Crippen LogP contribution in [-0.4, -0.2) is 14.5 Å². The number of benzene rings is 8. The summed E-state index contributed by atoms with van der Waals surface area (Å²) in [6, 6.07) is 64.1. The molecule has 0 saturated heterocycles. The minimum absolute atomic E-state index is 0.440. The predicted octanol–water partition coefficient (Wildman–Crippen LogP) is 11.9. The lowest BCUT2D eigenvalue weighted by atomic mass is 9.70. The number of nitrogens with zero attached hydrogens (tertiary/aromatic N) is 3. The van der Waals surface area contributed by atoms with Crippen LogP contribution in [0, 0.1) is 0 Å². The average Bonchev–Trinajstić information content (AvgIpc) is 3.81. The topological polar surface area (TPSA) is 30.7 Å². The first-order chi connectivity index (χ1) is 25.8. The first kappa shape index (κ1) is 27.9. The first-order valence-electron chi connectivity index (χ1n) is 17.9. The summed E-state index contributed by atoms with van der Waals surface area (Å²) in [5.74, 6) is 0.672. The molecule has 12 rings (SSSR count). The van der Waals surface area contributed by atoms with Crippen LogP contribution in [0.5, 0.6) is 0 Å². The van der Waals surface area contributed by atoms with Crippen molar-refractivity contribution in [2.24, 2.45) is 0 Å². The lowest BCUT2D eigenvalue weighted by Gasteiger charge is -2.30. The monoisotopic (exact) mass is 659 g/mol. The second kappa shape index (κ2) is 10.1. The van der Waals surface area contributed by atoms with Crippen LogP contribution in [0.4, 0.5) is 0 Å². The fourth-order valence-corrected chi connectivity index (χ4v) is 9.54. The molecule has 3 heteroatoms. The molecule has 2 aliphatic carbocycles. The third kappa shape index (κ3) is 3.45. The predicted molar refractivity (Wildman–Crippen MR) is 213 cm³/mol. The largest absolute Gasteiger partial charge is 0.278 e. The zero-order chi connectivity index (χ0) is 34.0. The van der Waals surface area contributed by atoms with Crippen molar-refractivity contribution < 1.29 is 0 Å². The summed E-state index contributed by atoms with van der Waals surface area (Å²) in [6.07, 6.45) is 0. The van der Waals surface area contributed by atoms with E-state index in [-0.39, 0.29) is 0 Å². The molecule has 3 nitrogen and oxygen atoms in total. The summed E-state index contributed by atoms with van der Waals surface area (Å²) in [7, 11) is 0. The molecule has 0 saturated carbocycles. The molecule has 0 N–H and O–H groups in total. The molecule has 240 valence electrons. The number of hydrogen-bond donors (Lipinski definition) is 0. The second-order valence-corrected chi connectivity index (χ2v) is 14.1. The van der Waals surface area contributed by atoms with E-state index in [2.05, 4.69) is 180 Å². The lowest BCUT2D eigenvalue weighted by molar-refractivity contribution is 0.794. The van der Waals surface area contributed by atoms with Gasteiger partial charge in [0.2, 0.25) is 5.95 Å². The number of aromatic nitrogens is 3. The Labute approximate surface area is 300 Å². The van der Waals surface area contributed by atoms with Crippen molar-refractivity contribution in [2.45, 2.75) is 5.41 Å². The molecule has 0 amide bonds. The van der Waals surface area contributed by atoms with Gasteiger partial charge in [0.15, 0.2) is 0 Å². The highest BCUT2D eigenvalue weighted by atomic mass is 15.2. The van der Waals surface area contributed by atoms with Crippen LogP contribution in [0.25, 0.3) is 82.9 Å². The highest BCUT2D eigenvalue weighted by molar-refractivity contribution is 6.13. The van der Waals surface area contributed by atoms with Crippen molar-refractivity contribution in [3.63, 3.8) is 0 Å². The minimum Gasteiger partial charge on any atom is -0.278 e. The van der Waals surface area contributed by atoms with Crippen molar-refractivity contribution in [3.8, 4) is 39.5 Å². The van der Waals surface area contributed by atoms with E-state index in [4.69, 9.17) is 9.97 Å². The van der Waals surface area contributed by atoms with Gasteiger partial charge in [0.1, 0.15) is 0 Å². The van der Waals surface area contributed by atoms with Gasteiger partial charge in [-0.1, -0.05) is 152 Å². The highest BCUT2D eigenvalue weighted by Gasteiger charge is 2.51. The van der Waals surface area contributed by atoms with Gasteiger partial charge in [-0.3, -0.25) is 4.57 Å². The van der Waals surface area contributed by atoms with Crippen LogP contribution < -0.4 is 0 Å². The first-order valence-corrected chi connectivity index (χ1v) is 17.9. The van der Waals surface area contributed by atoms with Crippen LogP contribution in [0.3, 0.4) is 0 Å². The Hall–Kier alpha value is -6.84. The SMILES string of the molecule is c1ccc(-c2nc(-n3c4ccccc4c4cc5c(cc43)C3(c4ccccc4-c4ccccc43)c3ccccc3-5)nc3c2ccc2ccccc23)cc1. The highest BCUT2D eigenvalue weighted by Crippen LogP contribution is 2.63. The fourth-order valence-electron chi connectivity index (χ4n) is 9.54. The van der Waals surface area contributed by atoms with Crippen LogP contribution in [0.1, 0.15) is 22.3 Å². The van der Waals surface area contributed by atoms with Gasteiger partial charge in [0, 0.05) is 27.1 Å². The summed E-state index contributed by atoms with van der Waals surface area (Å²) >= 11 is 0. The summed E-state index contributed by atoms with van der Waals surface area (Å²) in [4.78, 5) is 10.9. The summed E-state index contributed by atoms with van der Waals surface area (Å²) in [5.41, 5.74) is 15.2. The van der Waals surface area contributed by atoms with Gasteiger partial charge in [0.05, 0.1) is 27.7 Å². The quantitative estimate of drug-likeness (QED) is 0.173. The molecule has 1 spiro atoms. The number of rotatable bonds is 2. The molecule has 0 atom stereocenters. The summed E-state index contributed by atoms with van der Waals surface area (Å²) in [6.45, 7) is 0. The van der Waals surface area contributed by atoms with Crippen LogP contribution in [-0.2, 0) is 5.41 Å². The van der Waals surface area contributed by atoms with E-state index in [1.165, 1.54) is 55.3 Å². The van der Waals surface area contributed by atoms with Gasteiger partial charge in [-0.25, -0.2) is 9.97 Å². The van der Waals surface area contributed by atoms with E-state index in [9.17, 15) is 0 Å². The Bertz CT molecular complexity index is 3090. The van der Waals surface area contributed by atoms with Crippen molar-refractivity contribution in [2.75, 3.05) is 0 Å². The van der Waals surface area contributed by atoms with Gasteiger partial charge >= 0.3 is 0 Å². The molecule has 0 bridgehead atoms. The van der Waals surface area contributed by atoms with Gasteiger partial charge in [-0.2, -0.15) is 0 Å². The molecule has 0 radical (unpaired) electrons. The fraction of sp³-hybridized carbons (Fsp3) is 0.0204. The van der Waals surface area contributed by atoms with Crippen molar-refractivity contribution in [1.29, 1.82) is 0 Å². The van der Waals surface area contributed by atoms with Gasteiger partial charge < -0.3 is 0 Å². The Balaban J connectivity index is 1.24. The molecule has 0 unspecified atom stereocenters. The van der Waals surface area contributed by atoms with Crippen molar-refractivity contribution >= 4 is 43.5 Å². The van der Waals surface area contributed by atoms with Gasteiger partial charge in [-0.05, 0) is 74.2 Å². The average molecular weight is 660 g/mol. The molecule has 2 heterocycles. The van der Waals surface area contributed by atoms with Crippen LogP contribution in [0.2, 0.25) is 0 Å². The van der Waals surface area contributed by atoms with E-state index >= 15 is 0 Å². The summed E-state index contributed by atoms with van der Waals surface area (Å²) < 4.78 is 2.31. The molecule has 2 aromatic heterocycles. The molecule has 0 fully saturated rings. The van der Waals surface area contributed by atoms with E-state index in [0.29, 0.717) is 5.95 Å². The Morgan fingerprint density at radius 2 is 0.981 bits per heavy atom.